The summed E-state index contributed by atoms with van der Waals surface area (Å²) >= 11 is 0. The lowest BCUT2D eigenvalue weighted by Gasteiger charge is -2.16. The number of aryl methyl sites for hydroxylation is 1. The predicted molar refractivity (Wildman–Crippen MR) is 102 cm³/mol. The number of amides is 3. The van der Waals surface area contributed by atoms with Gasteiger partial charge in [0.25, 0.3) is 5.91 Å². The van der Waals surface area contributed by atoms with Gasteiger partial charge >= 0.3 is 12.0 Å². The first-order valence-corrected chi connectivity index (χ1v) is 9.45. The highest BCUT2D eigenvalue weighted by molar-refractivity contribution is 5.97. The van der Waals surface area contributed by atoms with Gasteiger partial charge in [0, 0.05) is 12.5 Å². The Bertz CT molecular complexity index is 700. The monoisotopic (exact) mass is 392 g/mol. The third-order valence-electron chi connectivity index (χ3n) is 4.69. The molecule has 0 aliphatic heterocycles. The molecule has 1 saturated carbocycles. The van der Waals surface area contributed by atoms with Crippen molar-refractivity contribution >= 4 is 17.9 Å². The average molecular weight is 392 g/mol. The zero-order valence-electron chi connectivity index (χ0n) is 16.6. The lowest BCUT2D eigenvalue weighted by atomic mass is 10.1. The van der Waals surface area contributed by atoms with Crippen LogP contribution in [-0.4, -0.2) is 44.3 Å². The van der Waals surface area contributed by atoms with Gasteiger partial charge in [-0.1, -0.05) is 25.0 Å². The number of carbonyl (C=O) groups is 3. The van der Waals surface area contributed by atoms with Crippen LogP contribution in [0.2, 0.25) is 0 Å². The Kier molecular flexibility index (Phi) is 8.10. The molecule has 2 rings (SSSR count). The van der Waals surface area contributed by atoms with Crippen LogP contribution in [0.25, 0.3) is 0 Å². The maximum atomic E-state index is 12.1. The molecule has 1 aliphatic rings. The van der Waals surface area contributed by atoms with Gasteiger partial charge < -0.3 is 19.5 Å². The molecule has 0 unspecified atom stereocenters. The van der Waals surface area contributed by atoms with Crippen molar-refractivity contribution in [3.05, 3.63) is 23.8 Å². The molecule has 28 heavy (non-hydrogen) atoms. The quantitative estimate of drug-likeness (QED) is 0.658. The Morgan fingerprint density at radius 2 is 1.86 bits per heavy atom. The molecule has 1 atom stereocenters. The van der Waals surface area contributed by atoms with Crippen molar-refractivity contribution in [1.29, 1.82) is 0 Å². The number of urea groups is 1. The van der Waals surface area contributed by atoms with E-state index in [1.165, 1.54) is 14.0 Å². The van der Waals surface area contributed by atoms with Crippen LogP contribution < -0.4 is 20.1 Å². The Morgan fingerprint density at radius 3 is 2.50 bits per heavy atom. The summed E-state index contributed by atoms with van der Waals surface area (Å²) in [5.41, 5.74) is 0.798. The summed E-state index contributed by atoms with van der Waals surface area (Å²) in [6.45, 7) is 1.43. The third-order valence-corrected chi connectivity index (χ3v) is 4.69. The van der Waals surface area contributed by atoms with E-state index in [0.717, 1.165) is 31.2 Å². The standard InChI is InChI=1S/C20H28N2O6/c1-13(19(24)22-20(25)21-15-8-4-5-9-15)28-17(23)12-11-14-7-6-10-16(26-2)18(14)27-3/h6-7,10,13,15H,4-5,8-9,11-12H2,1-3H3,(H2,21,22,24,25)/t13-/m0/s1. The number of imide groups is 1. The SMILES string of the molecule is COc1cccc(CCC(=O)O[C@@H](C)C(=O)NC(=O)NC2CCCC2)c1OC. The molecule has 0 heterocycles. The summed E-state index contributed by atoms with van der Waals surface area (Å²) in [6, 6.07) is 4.95. The molecule has 0 bridgehead atoms. The van der Waals surface area contributed by atoms with Crippen molar-refractivity contribution in [3.8, 4) is 11.5 Å². The van der Waals surface area contributed by atoms with E-state index < -0.39 is 24.0 Å². The Balaban J connectivity index is 1.78. The van der Waals surface area contributed by atoms with E-state index in [9.17, 15) is 14.4 Å². The number of rotatable bonds is 8. The maximum Gasteiger partial charge on any atom is 0.321 e. The van der Waals surface area contributed by atoms with Crippen molar-refractivity contribution in [1.82, 2.24) is 10.6 Å². The molecule has 1 aromatic rings. The maximum absolute atomic E-state index is 12.1. The van der Waals surface area contributed by atoms with Crippen LogP contribution in [0.4, 0.5) is 4.79 Å². The second kappa shape index (κ2) is 10.5. The van der Waals surface area contributed by atoms with Gasteiger partial charge in [0.15, 0.2) is 17.6 Å². The smallest absolute Gasteiger partial charge is 0.321 e. The van der Waals surface area contributed by atoms with Crippen molar-refractivity contribution in [2.24, 2.45) is 0 Å². The largest absolute Gasteiger partial charge is 0.493 e. The second-order valence-electron chi connectivity index (χ2n) is 6.73. The Hall–Kier alpha value is -2.77. The molecule has 8 nitrogen and oxygen atoms in total. The van der Waals surface area contributed by atoms with Crippen molar-refractivity contribution < 1.29 is 28.6 Å². The number of methoxy groups -OCH3 is 2. The van der Waals surface area contributed by atoms with Crippen molar-refractivity contribution in [2.45, 2.75) is 57.6 Å². The van der Waals surface area contributed by atoms with Crippen LogP contribution in [0.5, 0.6) is 11.5 Å². The van der Waals surface area contributed by atoms with E-state index >= 15 is 0 Å². The van der Waals surface area contributed by atoms with Crippen LogP contribution in [0.3, 0.4) is 0 Å². The number of esters is 1. The zero-order chi connectivity index (χ0) is 20.5. The Labute approximate surface area is 164 Å². The van der Waals surface area contributed by atoms with Crippen molar-refractivity contribution in [3.63, 3.8) is 0 Å². The van der Waals surface area contributed by atoms with Crippen LogP contribution in [-0.2, 0) is 20.7 Å². The van der Waals surface area contributed by atoms with E-state index in [4.69, 9.17) is 14.2 Å². The average Bonchev–Trinajstić information content (AvgIpc) is 3.18. The van der Waals surface area contributed by atoms with Crippen LogP contribution in [0, 0.1) is 0 Å². The van der Waals surface area contributed by atoms with Crippen molar-refractivity contribution in [2.75, 3.05) is 14.2 Å². The van der Waals surface area contributed by atoms with Gasteiger partial charge in [-0.3, -0.25) is 14.9 Å². The van der Waals surface area contributed by atoms with Gasteiger partial charge in [-0.25, -0.2) is 4.79 Å². The van der Waals surface area contributed by atoms with Crippen LogP contribution in [0.1, 0.15) is 44.6 Å². The number of carbonyl (C=O) groups excluding carboxylic acids is 3. The molecule has 8 heteroatoms. The number of benzene rings is 1. The lowest BCUT2D eigenvalue weighted by molar-refractivity contribution is -0.154. The first-order valence-electron chi connectivity index (χ1n) is 9.45. The van der Waals surface area contributed by atoms with Gasteiger partial charge in [0.05, 0.1) is 14.2 Å². The zero-order valence-corrected chi connectivity index (χ0v) is 16.6. The van der Waals surface area contributed by atoms with Gasteiger partial charge in [0.1, 0.15) is 0 Å². The highest BCUT2D eigenvalue weighted by atomic mass is 16.5. The first kappa shape index (κ1) is 21.5. The summed E-state index contributed by atoms with van der Waals surface area (Å²) in [5.74, 6) is -0.0481. The molecule has 2 N–H and O–H groups in total. The highest BCUT2D eigenvalue weighted by Crippen LogP contribution is 2.31. The van der Waals surface area contributed by atoms with Gasteiger partial charge in [0.2, 0.25) is 0 Å². The topological polar surface area (TPSA) is 103 Å². The fraction of sp³-hybridized carbons (Fsp3) is 0.550. The minimum atomic E-state index is -1.06. The van der Waals surface area contributed by atoms with E-state index in [0.29, 0.717) is 17.9 Å². The lowest BCUT2D eigenvalue weighted by Crippen LogP contribution is -2.47. The number of hydrogen-bond acceptors (Lipinski definition) is 6. The summed E-state index contributed by atoms with van der Waals surface area (Å²) in [6.07, 6.45) is 3.36. The van der Waals surface area contributed by atoms with E-state index in [-0.39, 0.29) is 12.5 Å². The Morgan fingerprint density at radius 1 is 1.14 bits per heavy atom. The number of hydrogen-bond donors (Lipinski definition) is 2. The minimum absolute atomic E-state index is 0.0649. The number of ether oxygens (including phenoxy) is 3. The van der Waals surface area contributed by atoms with E-state index in [1.54, 1.807) is 19.2 Å². The minimum Gasteiger partial charge on any atom is -0.493 e. The molecule has 1 fully saturated rings. The summed E-state index contributed by atoms with van der Waals surface area (Å²) in [5, 5.41) is 4.97. The molecule has 0 saturated heterocycles. The molecule has 0 spiro atoms. The molecule has 3 amide bonds. The fourth-order valence-corrected chi connectivity index (χ4v) is 3.20. The van der Waals surface area contributed by atoms with Gasteiger partial charge in [-0.05, 0) is 37.8 Å². The normalized spacial score (nSPS) is 14.8. The highest BCUT2D eigenvalue weighted by Gasteiger charge is 2.23. The molecule has 1 aliphatic carbocycles. The van der Waals surface area contributed by atoms with Gasteiger partial charge in [-0.15, -0.1) is 0 Å². The summed E-state index contributed by atoms with van der Waals surface area (Å²) in [7, 11) is 3.07. The fourth-order valence-electron chi connectivity index (χ4n) is 3.20. The molecular formula is C20H28N2O6. The van der Waals surface area contributed by atoms with E-state index in [1.807, 2.05) is 6.07 Å². The summed E-state index contributed by atoms with van der Waals surface area (Å²) < 4.78 is 15.7. The molecule has 1 aromatic carbocycles. The van der Waals surface area contributed by atoms with Crippen LogP contribution in [0.15, 0.2) is 18.2 Å². The predicted octanol–water partition coefficient (Wildman–Crippen LogP) is 2.34. The van der Waals surface area contributed by atoms with E-state index in [2.05, 4.69) is 10.6 Å². The number of nitrogens with one attached hydrogen (secondary N) is 2. The van der Waals surface area contributed by atoms with Crippen LogP contribution >= 0.6 is 0 Å². The third kappa shape index (κ3) is 6.14. The second-order valence-corrected chi connectivity index (χ2v) is 6.73. The molecular weight excluding hydrogens is 364 g/mol. The molecule has 154 valence electrons. The molecule has 0 radical (unpaired) electrons. The summed E-state index contributed by atoms with van der Waals surface area (Å²) in [4.78, 5) is 35.9. The first-order chi connectivity index (χ1) is 13.4. The number of para-hydroxylation sites is 1. The van der Waals surface area contributed by atoms with Gasteiger partial charge in [-0.2, -0.15) is 0 Å². The molecule has 0 aromatic heterocycles.